The lowest BCUT2D eigenvalue weighted by Gasteiger charge is -2.24. The van der Waals surface area contributed by atoms with E-state index in [1.165, 1.54) is 0 Å². The van der Waals surface area contributed by atoms with Crippen molar-refractivity contribution >= 4 is 0 Å². The fourth-order valence-electron chi connectivity index (χ4n) is 1.42. The summed E-state index contributed by atoms with van der Waals surface area (Å²) < 4.78 is 37.4. The molecule has 0 amide bonds. The number of hydrogen-bond acceptors (Lipinski definition) is 2. The summed E-state index contributed by atoms with van der Waals surface area (Å²) in [6.07, 6.45) is -3.67. The van der Waals surface area contributed by atoms with E-state index in [1.807, 2.05) is 20.8 Å². The van der Waals surface area contributed by atoms with E-state index in [2.05, 4.69) is 10.6 Å². The van der Waals surface area contributed by atoms with Gasteiger partial charge >= 0.3 is 6.18 Å². The molecule has 0 unspecified atom stereocenters. The van der Waals surface area contributed by atoms with Crippen LogP contribution in [0, 0.1) is 0 Å². The lowest BCUT2D eigenvalue weighted by atomic mass is 10.1. The normalized spacial score (nSPS) is 20.4. The van der Waals surface area contributed by atoms with E-state index < -0.39 is 11.7 Å². The molecule has 5 heteroatoms. The summed E-state index contributed by atoms with van der Waals surface area (Å²) in [5.74, 6) is 0. The van der Waals surface area contributed by atoms with Gasteiger partial charge in [-0.05, 0) is 33.6 Å². The fourth-order valence-corrected chi connectivity index (χ4v) is 1.42. The summed E-state index contributed by atoms with van der Waals surface area (Å²) in [7, 11) is 0. The van der Waals surface area contributed by atoms with E-state index in [0.29, 0.717) is 13.1 Å². The number of alkyl halides is 3. The van der Waals surface area contributed by atoms with E-state index >= 15 is 0 Å². The topological polar surface area (TPSA) is 24.1 Å². The fraction of sp³-hybridized carbons (Fsp3) is 1.00. The SMILES string of the molecule is CC(C)(C)NCCNC1(C(F)(F)F)CC1. The molecule has 1 saturated carbocycles. The molecule has 0 aromatic rings. The number of rotatable bonds is 4. The molecule has 0 heterocycles. The summed E-state index contributed by atoms with van der Waals surface area (Å²) in [6.45, 7) is 6.88. The Balaban J connectivity index is 2.22. The van der Waals surface area contributed by atoms with Gasteiger partial charge in [-0.2, -0.15) is 13.2 Å². The summed E-state index contributed by atoms with van der Waals surface area (Å²) >= 11 is 0. The van der Waals surface area contributed by atoms with Gasteiger partial charge in [0.25, 0.3) is 0 Å². The molecule has 1 aliphatic rings. The van der Waals surface area contributed by atoms with E-state index in [1.54, 1.807) is 0 Å². The average molecular weight is 224 g/mol. The number of nitrogens with one attached hydrogen (secondary N) is 2. The largest absolute Gasteiger partial charge is 0.406 e. The van der Waals surface area contributed by atoms with E-state index in [-0.39, 0.29) is 18.4 Å². The molecule has 2 nitrogen and oxygen atoms in total. The van der Waals surface area contributed by atoms with Crippen LogP contribution >= 0.6 is 0 Å². The van der Waals surface area contributed by atoms with Crippen molar-refractivity contribution in [2.75, 3.05) is 13.1 Å². The number of halogens is 3. The first-order valence-electron chi connectivity index (χ1n) is 5.23. The van der Waals surface area contributed by atoms with Crippen LogP contribution in [0.1, 0.15) is 33.6 Å². The second-order valence-electron chi connectivity index (χ2n) is 5.18. The minimum Gasteiger partial charge on any atom is -0.311 e. The molecule has 0 aromatic heterocycles. The molecule has 15 heavy (non-hydrogen) atoms. The van der Waals surface area contributed by atoms with Gasteiger partial charge in [0.1, 0.15) is 5.54 Å². The Morgan fingerprint density at radius 1 is 1.07 bits per heavy atom. The van der Waals surface area contributed by atoms with Crippen molar-refractivity contribution < 1.29 is 13.2 Å². The Hall–Kier alpha value is -0.290. The van der Waals surface area contributed by atoms with Crippen LogP contribution in [0.25, 0.3) is 0 Å². The highest BCUT2D eigenvalue weighted by atomic mass is 19.4. The van der Waals surface area contributed by atoms with Gasteiger partial charge in [0.2, 0.25) is 0 Å². The van der Waals surface area contributed by atoms with Gasteiger partial charge in [-0.15, -0.1) is 0 Å². The van der Waals surface area contributed by atoms with Crippen molar-refractivity contribution in [3.63, 3.8) is 0 Å². The van der Waals surface area contributed by atoms with Crippen molar-refractivity contribution in [2.24, 2.45) is 0 Å². The summed E-state index contributed by atoms with van der Waals surface area (Å²) in [6, 6.07) is 0. The highest BCUT2D eigenvalue weighted by Crippen LogP contribution is 2.48. The second-order valence-corrected chi connectivity index (χ2v) is 5.18. The molecule has 90 valence electrons. The van der Waals surface area contributed by atoms with Crippen molar-refractivity contribution in [2.45, 2.75) is 50.9 Å². The van der Waals surface area contributed by atoms with Gasteiger partial charge in [-0.1, -0.05) is 0 Å². The van der Waals surface area contributed by atoms with Crippen LogP contribution in [-0.4, -0.2) is 30.3 Å². The third-order valence-electron chi connectivity index (χ3n) is 2.54. The Morgan fingerprint density at radius 3 is 1.93 bits per heavy atom. The van der Waals surface area contributed by atoms with Gasteiger partial charge < -0.3 is 10.6 Å². The standard InChI is InChI=1S/C10H19F3N2/c1-8(2,3)14-6-7-15-9(4-5-9)10(11,12)13/h14-15H,4-7H2,1-3H3. The quantitative estimate of drug-likeness (QED) is 0.714. The number of hydrogen-bond donors (Lipinski definition) is 2. The maximum absolute atomic E-state index is 12.5. The predicted octanol–water partition coefficient (Wildman–Crippen LogP) is 2.06. The maximum atomic E-state index is 12.5. The zero-order valence-corrected chi connectivity index (χ0v) is 9.46. The Kier molecular flexibility index (Phi) is 3.36. The summed E-state index contributed by atoms with van der Waals surface area (Å²) in [5, 5.41) is 5.74. The first kappa shape index (κ1) is 12.8. The van der Waals surface area contributed by atoms with Crippen LogP contribution in [0.15, 0.2) is 0 Å². The van der Waals surface area contributed by atoms with Gasteiger partial charge in [-0.25, -0.2) is 0 Å². The minimum atomic E-state index is -4.10. The average Bonchev–Trinajstić information content (AvgIpc) is 2.75. The first-order valence-corrected chi connectivity index (χ1v) is 5.23. The molecule has 1 fully saturated rings. The minimum absolute atomic E-state index is 0.0450. The van der Waals surface area contributed by atoms with Crippen molar-refractivity contribution in [3.05, 3.63) is 0 Å². The molecule has 2 N–H and O–H groups in total. The molecule has 1 aliphatic carbocycles. The molecule has 0 saturated heterocycles. The zero-order valence-electron chi connectivity index (χ0n) is 9.46. The third-order valence-corrected chi connectivity index (χ3v) is 2.54. The molecule has 0 aromatic carbocycles. The van der Waals surface area contributed by atoms with E-state index in [0.717, 1.165) is 0 Å². The third kappa shape index (κ3) is 3.65. The lowest BCUT2D eigenvalue weighted by Crippen LogP contribution is -2.48. The molecular weight excluding hydrogens is 205 g/mol. The van der Waals surface area contributed by atoms with Crippen LogP contribution in [-0.2, 0) is 0 Å². The van der Waals surface area contributed by atoms with Gasteiger partial charge in [0.15, 0.2) is 0 Å². The van der Waals surface area contributed by atoms with E-state index in [4.69, 9.17) is 0 Å². The predicted molar refractivity (Wildman–Crippen MR) is 53.8 cm³/mol. The van der Waals surface area contributed by atoms with Crippen LogP contribution in [0.5, 0.6) is 0 Å². The first-order chi connectivity index (χ1) is 6.66. The molecule has 0 bridgehead atoms. The second kappa shape index (κ2) is 3.94. The highest BCUT2D eigenvalue weighted by Gasteiger charge is 2.62. The van der Waals surface area contributed by atoms with Crippen molar-refractivity contribution in [1.29, 1.82) is 0 Å². The van der Waals surface area contributed by atoms with Crippen LogP contribution in [0.2, 0.25) is 0 Å². The van der Waals surface area contributed by atoms with Crippen LogP contribution in [0.4, 0.5) is 13.2 Å². The monoisotopic (exact) mass is 224 g/mol. The zero-order chi connectivity index (χ0) is 11.7. The maximum Gasteiger partial charge on any atom is 0.406 e. The Morgan fingerprint density at radius 2 is 1.60 bits per heavy atom. The van der Waals surface area contributed by atoms with Crippen molar-refractivity contribution in [3.8, 4) is 0 Å². The summed E-state index contributed by atoms with van der Waals surface area (Å²) in [4.78, 5) is 0. The molecular formula is C10H19F3N2. The lowest BCUT2D eigenvalue weighted by molar-refractivity contribution is -0.165. The van der Waals surface area contributed by atoms with Gasteiger partial charge in [0, 0.05) is 18.6 Å². The Bertz CT molecular complexity index is 214. The smallest absolute Gasteiger partial charge is 0.311 e. The molecule has 0 aliphatic heterocycles. The van der Waals surface area contributed by atoms with E-state index in [9.17, 15) is 13.2 Å². The van der Waals surface area contributed by atoms with Crippen molar-refractivity contribution in [1.82, 2.24) is 10.6 Å². The molecule has 1 rings (SSSR count). The Labute approximate surface area is 88.6 Å². The molecule has 0 atom stereocenters. The van der Waals surface area contributed by atoms with Crippen LogP contribution in [0.3, 0.4) is 0 Å². The molecule has 0 spiro atoms. The summed E-state index contributed by atoms with van der Waals surface area (Å²) in [5.41, 5.74) is -1.62. The highest BCUT2D eigenvalue weighted by molar-refractivity contribution is 5.07. The van der Waals surface area contributed by atoms with Gasteiger partial charge in [-0.3, -0.25) is 0 Å². The van der Waals surface area contributed by atoms with Crippen LogP contribution < -0.4 is 10.6 Å². The van der Waals surface area contributed by atoms with Gasteiger partial charge in [0.05, 0.1) is 0 Å². The molecule has 0 radical (unpaired) electrons.